The molecule has 2 heterocycles. The molecule has 1 N–H and O–H groups in total. The lowest BCUT2D eigenvalue weighted by atomic mass is 9.92. The molecule has 146 valence electrons. The molecular formula is C21H21ClN2O4. The van der Waals surface area contributed by atoms with E-state index in [-0.39, 0.29) is 17.5 Å². The van der Waals surface area contributed by atoms with E-state index in [2.05, 4.69) is 5.32 Å². The molecule has 7 heteroatoms. The van der Waals surface area contributed by atoms with Crippen LogP contribution in [-0.4, -0.2) is 35.5 Å². The first kappa shape index (κ1) is 18.9. The highest BCUT2D eigenvalue weighted by Crippen LogP contribution is 2.24. The molecule has 0 radical (unpaired) electrons. The summed E-state index contributed by atoms with van der Waals surface area (Å²) in [6.07, 6.45) is 3.54. The zero-order valence-corrected chi connectivity index (χ0v) is 16.1. The van der Waals surface area contributed by atoms with Gasteiger partial charge in [0.2, 0.25) is 0 Å². The van der Waals surface area contributed by atoms with E-state index in [9.17, 15) is 14.4 Å². The molecule has 1 aromatic heterocycles. The molecule has 0 saturated carbocycles. The van der Waals surface area contributed by atoms with Crippen LogP contribution in [0.2, 0.25) is 5.02 Å². The van der Waals surface area contributed by atoms with Crippen LogP contribution in [0.3, 0.4) is 0 Å². The van der Waals surface area contributed by atoms with Crippen LogP contribution in [0.5, 0.6) is 0 Å². The molecule has 4 rings (SSSR count). The van der Waals surface area contributed by atoms with Crippen molar-refractivity contribution >= 4 is 23.3 Å². The predicted molar refractivity (Wildman–Crippen MR) is 106 cm³/mol. The Bertz CT molecular complexity index is 975. The van der Waals surface area contributed by atoms with E-state index < -0.39 is 11.5 Å². The Labute approximate surface area is 167 Å². The number of halogens is 1. The van der Waals surface area contributed by atoms with Gasteiger partial charge in [0.1, 0.15) is 5.56 Å². The van der Waals surface area contributed by atoms with Crippen LogP contribution in [0.25, 0.3) is 5.69 Å². The van der Waals surface area contributed by atoms with Gasteiger partial charge in [-0.2, -0.15) is 0 Å². The molecule has 1 unspecified atom stereocenters. The van der Waals surface area contributed by atoms with Gasteiger partial charge in [-0.05, 0) is 56.0 Å². The summed E-state index contributed by atoms with van der Waals surface area (Å²) in [5, 5.41) is 3.33. The molecule has 0 spiro atoms. The number of ketones is 1. The topological polar surface area (TPSA) is 77.4 Å². The number of hydrogen-bond acceptors (Lipinski definition) is 4. The second-order valence-corrected chi connectivity index (χ2v) is 7.59. The summed E-state index contributed by atoms with van der Waals surface area (Å²) in [4.78, 5) is 38.4. The molecule has 2 aromatic rings. The van der Waals surface area contributed by atoms with Crippen molar-refractivity contribution in [2.24, 2.45) is 0 Å². The summed E-state index contributed by atoms with van der Waals surface area (Å²) in [6, 6.07) is 8.26. The molecule has 1 fully saturated rings. The number of Topliss-reactive ketones (excluding diaryl/α,β-unsaturated/α-hetero) is 1. The predicted octanol–water partition coefficient (Wildman–Crippen LogP) is 2.92. The molecule has 6 nitrogen and oxygen atoms in total. The van der Waals surface area contributed by atoms with Crippen molar-refractivity contribution < 1.29 is 14.3 Å². The van der Waals surface area contributed by atoms with Gasteiger partial charge in [-0.3, -0.25) is 19.0 Å². The number of nitrogens with one attached hydrogen (secondary N) is 1. The molecule has 1 aromatic carbocycles. The highest BCUT2D eigenvalue weighted by Gasteiger charge is 2.26. The minimum atomic E-state index is -0.482. The zero-order valence-electron chi connectivity index (χ0n) is 15.4. The van der Waals surface area contributed by atoms with E-state index in [1.54, 1.807) is 24.3 Å². The fraction of sp³-hybridized carbons (Fsp3) is 0.381. The SMILES string of the molecule is O=C1CCCc2c1cc(C(=O)NCC1CCCO1)c(=O)n2-c1ccc(Cl)cc1. The molecule has 1 amide bonds. The summed E-state index contributed by atoms with van der Waals surface area (Å²) in [5.41, 5.74) is 1.24. The molecule has 28 heavy (non-hydrogen) atoms. The van der Waals surface area contributed by atoms with E-state index in [1.807, 2.05) is 0 Å². The Morgan fingerprint density at radius 3 is 2.68 bits per heavy atom. The summed E-state index contributed by atoms with van der Waals surface area (Å²) < 4.78 is 6.99. The van der Waals surface area contributed by atoms with E-state index in [1.165, 1.54) is 10.6 Å². The van der Waals surface area contributed by atoms with Crippen molar-refractivity contribution in [3.8, 4) is 5.69 Å². The summed E-state index contributed by atoms with van der Waals surface area (Å²) in [6.45, 7) is 1.04. The van der Waals surface area contributed by atoms with Crippen LogP contribution in [0.1, 0.15) is 52.1 Å². The minimum absolute atomic E-state index is 0.0260. The van der Waals surface area contributed by atoms with Crippen molar-refractivity contribution in [2.75, 3.05) is 13.2 Å². The standard InChI is InChI=1S/C21H21ClN2O4/c22-13-6-8-14(9-7-13)24-18-4-1-5-19(25)16(18)11-17(21(24)27)20(26)23-12-15-3-2-10-28-15/h6-9,11,15H,1-5,10,12H2,(H,23,26). The third-order valence-corrected chi connectivity index (χ3v) is 5.52. The molecule has 1 saturated heterocycles. The van der Waals surface area contributed by atoms with E-state index in [0.717, 1.165) is 12.8 Å². The number of hydrogen-bond donors (Lipinski definition) is 1. The maximum Gasteiger partial charge on any atom is 0.268 e. The Morgan fingerprint density at radius 2 is 1.96 bits per heavy atom. The van der Waals surface area contributed by atoms with Gasteiger partial charge < -0.3 is 10.1 Å². The second-order valence-electron chi connectivity index (χ2n) is 7.16. The minimum Gasteiger partial charge on any atom is -0.376 e. The summed E-state index contributed by atoms with van der Waals surface area (Å²) >= 11 is 5.97. The highest BCUT2D eigenvalue weighted by atomic mass is 35.5. The van der Waals surface area contributed by atoms with Gasteiger partial charge in [0.05, 0.1) is 6.10 Å². The lowest BCUT2D eigenvalue weighted by Crippen LogP contribution is -2.38. The summed E-state index contributed by atoms with van der Waals surface area (Å²) in [7, 11) is 0. The number of nitrogens with zero attached hydrogens (tertiary/aromatic N) is 1. The lowest BCUT2D eigenvalue weighted by molar-refractivity contribution is 0.0856. The zero-order chi connectivity index (χ0) is 19.7. The average molecular weight is 401 g/mol. The van der Waals surface area contributed by atoms with Gasteiger partial charge in [0, 0.05) is 41.5 Å². The van der Waals surface area contributed by atoms with Gasteiger partial charge >= 0.3 is 0 Å². The molecule has 0 bridgehead atoms. The average Bonchev–Trinajstić information content (AvgIpc) is 3.21. The third-order valence-electron chi connectivity index (χ3n) is 5.26. The maximum atomic E-state index is 13.2. The Hall–Kier alpha value is -2.44. The molecule has 2 aliphatic rings. The Kier molecular flexibility index (Phi) is 5.33. The first-order chi connectivity index (χ1) is 13.5. The first-order valence-electron chi connectivity index (χ1n) is 9.52. The van der Waals surface area contributed by atoms with E-state index >= 15 is 0 Å². The fourth-order valence-electron chi connectivity index (χ4n) is 3.82. The van der Waals surface area contributed by atoms with Crippen molar-refractivity contribution in [3.63, 3.8) is 0 Å². The van der Waals surface area contributed by atoms with Crippen LogP contribution in [0.4, 0.5) is 0 Å². The van der Waals surface area contributed by atoms with E-state index in [4.69, 9.17) is 16.3 Å². The maximum absolute atomic E-state index is 13.2. The van der Waals surface area contributed by atoms with Crippen molar-refractivity contribution in [1.29, 1.82) is 0 Å². The van der Waals surface area contributed by atoms with Gasteiger partial charge in [0.25, 0.3) is 11.5 Å². The summed E-state index contributed by atoms with van der Waals surface area (Å²) in [5.74, 6) is -0.526. The van der Waals surface area contributed by atoms with Gasteiger partial charge in [-0.25, -0.2) is 0 Å². The smallest absolute Gasteiger partial charge is 0.268 e. The number of benzene rings is 1. The number of amides is 1. The van der Waals surface area contributed by atoms with E-state index in [0.29, 0.717) is 54.4 Å². The Balaban J connectivity index is 1.76. The van der Waals surface area contributed by atoms with Crippen LogP contribution >= 0.6 is 11.6 Å². The van der Waals surface area contributed by atoms with Crippen molar-refractivity contribution in [3.05, 3.63) is 62.5 Å². The van der Waals surface area contributed by atoms with Gasteiger partial charge in [-0.1, -0.05) is 11.6 Å². The number of carbonyl (C=O) groups excluding carboxylic acids is 2. The van der Waals surface area contributed by atoms with Crippen LogP contribution in [-0.2, 0) is 11.2 Å². The largest absolute Gasteiger partial charge is 0.376 e. The number of aromatic nitrogens is 1. The quantitative estimate of drug-likeness (QED) is 0.856. The number of rotatable bonds is 4. The van der Waals surface area contributed by atoms with Crippen molar-refractivity contribution in [1.82, 2.24) is 9.88 Å². The molecule has 1 aliphatic carbocycles. The molecular weight excluding hydrogens is 380 g/mol. The number of pyridine rings is 1. The second kappa shape index (κ2) is 7.89. The third kappa shape index (κ3) is 3.62. The Morgan fingerprint density at radius 1 is 1.18 bits per heavy atom. The van der Waals surface area contributed by atoms with Crippen molar-refractivity contribution in [2.45, 2.75) is 38.2 Å². The van der Waals surface area contributed by atoms with Gasteiger partial charge in [0.15, 0.2) is 5.78 Å². The lowest BCUT2D eigenvalue weighted by Gasteiger charge is -2.22. The number of carbonyl (C=O) groups is 2. The van der Waals surface area contributed by atoms with Gasteiger partial charge in [-0.15, -0.1) is 0 Å². The molecule has 1 aliphatic heterocycles. The molecule has 1 atom stereocenters. The number of ether oxygens (including phenoxy) is 1. The number of fused-ring (bicyclic) bond motifs is 1. The fourth-order valence-corrected chi connectivity index (χ4v) is 3.95. The van der Waals surface area contributed by atoms with Crippen LogP contribution < -0.4 is 10.9 Å². The monoisotopic (exact) mass is 400 g/mol. The van der Waals surface area contributed by atoms with Crippen LogP contribution in [0.15, 0.2) is 35.1 Å². The normalized spacial score (nSPS) is 18.8. The highest BCUT2D eigenvalue weighted by molar-refractivity contribution is 6.30. The van der Waals surface area contributed by atoms with Crippen LogP contribution in [0, 0.1) is 0 Å². The first-order valence-corrected chi connectivity index (χ1v) is 9.90.